The monoisotopic (exact) mass is 241 g/mol. The fraction of sp³-hybridized carbons (Fsp3) is 0.929. The molecule has 100 valence electrons. The van der Waals surface area contributed by atoms with Crippen LogP contribution in [0.3, 0.4) is 0 Å². The van der Waals surface area contributed by atoms with Crippen molar-refractivity contribution in [2.24, 2.45) is 0 Å². The second-order valence-corrected chi connectivity index (χ2v) is 5.21. The molecule has 0 radical (unpaired) electrons. The highest BCUT2D eigenvalue weighted by Gasteiger charge is 2.38. The van der Waals surface area contributed by atoms with E-state index in [1.807, 2.05) is 11.8 Å². The smallest absolute Gasteiger partial charge is 0.221 e. The van der Waals surface area contributed by atoms with Crippen molar-refractivity contribution in [1.82, 2.24) is 4.90 Å². The van der Waals surface area contributed by atoms with Crippen LogP contribution < -0.4 is 0 Å². The summed E-state index contributed by atoms with van der Waals surface area (Å²) in [5, 5.41) is 0. The van der Waals surface area contributed by atoms with Gasteiger partial charge in [-0.2, -0.15) is 0 Å². The van der Waals surface area contributed by atoms with Gasteiger partial charge in [0.25, 0.3) is 0 Å². The summed E-state index contributed by atoms with van der Waals surface area (Å²) in [4.78, 5) is 13.4. The van der Waals surface area contributed by atoms with Crippen LogP contribution in [0.5, 0.6) is 0 Å². The maximum atomic E-state index is 11.5. The highest BCUT2D eigenvalue weighted by Crippen LogP contribution is 2.28. The van der Waals surface area contributed by atoms with Crippen molar-refractivity contribution in [3.05, 3.63) is 0 Å². The Labute approximate surface area is 106 Å². The molecular formula is C14H27NO2. The first kappa shape index (κ1) is 14.5. The number of ether oxygens (including phenoxy) is 1. The van der Waals surface area contributed by atoms with Crippen LogP contribution in [0.2, 0.25) is 0 Å². The summed E-state index contributed by atoms with van der Waals surface area (Å²) in [6.45, 7) is 7.35. The highest BCUT2D eigenvalue weighted by molar-refractivity contribution is 5.74. The van der Waals surface area contributed by atoms with Crippen LogP contribution in [0.25, 0.3) is 0 Å². The molecule has 1 rings (SSSR count). The highest BCUT2D eigenvalue weighted by atomic mass is 16.5. The molecule has 1 heterocycles. The third-order valence-corrected chi connectivity index (χ3v) is 3.67. The Morgan fingerprint density at radius 1 is 1.24 bits per heavy atom. The summed E-state index contributed by atoms with van der Waals surface area (Å²) in [6.07, 6.45) is 8.66. The summed E-state index contributed by atoms with van der Waals surface area (Å²) in [5.74, 6) is 0.135. The number of carbonyl (C=O) groups is 1. The first-order valence-electron chi connectivity index (χ1n) is 7.02. The maximum absolute atomic E-state index is 11.5. The number of unbranched alkanes of at least 4 members (excludes halogenated alkanes) is 5. The Hall–Kier alpha value is -0.570. The molecule has 1 aliphatic heterocycles. The van der Waals surface area contributed by atoms with Gasteiger partial charge in [-0.1, -0.05) is 39.0 Å². The minimum Gasteiger partial charge on any atom is -0.354 e. The lowest BCUT2D eigenvalue weighted by Gasteiger charge is -2.33. The number of rotatable bonds is 7. The van der Waals surface area contributed by atoms with Crippen LogP contribution in [-0.2, 0) is 9.53 Å². The van der Waals surface area contributed by atoms with Gasteiger partial charge in [0.15, 0.2) is 0 Å². The molecule has 1 saturated heterocycles. The number of amides is 1. The largest absolute Gasteiger partial charge is 0.354 e. The summed E-state index contributed by atoms with van der Waals surface area (Å²) < 4.78 is 5.75. The molecule has 1 fully saturated rings. The molecule has 0 aromatic heterocycles. The summed E-state index contributed by atoms with van der Waals surface area (Å²) in [6, 6.07) is 0. The molecule has 0 aromatic rings. The SMILES string of the molecule is CCCCCCCCC1(C)OCCN1C(C)=O. The van der Waals surface area contributed by atoms with Gasteiger partial charge in [-0.3, -0.25) is 4.79 Å². The van der Waals surface area contributed by atoms with Crippen molar-refractivity contribution in [2.75, 3.05) is 13.2 Å². The number of hydrogen-bond donors (Lipinski definition) is 0. The maximum Gasteiger partial charge on any atom is 0.221 e. The van der Waals surface area contributed by atoms with Gasteiger partial charge in [0.2, 0.25) is 5.91 Å². The Kier molecular flexibility index (Phi) is 5.96. The lowest BCUT2D eigenvalue weighted by Crippen LogP contribution is -2.44. The third kappa shape index (κ3) is 4.30. The van der Waals surface area contributed by atoms with Crippen molar-refractivity contribution >= 4 is 5.91 Å². The van der Waals surface area contributed by atoms with E-state index in [4.69, 9.17) is 4.74 Å². The zero-order valence-corrected chi connectivity index (χ0v) is 11.6. The number of nitrogens with zero attached hydrogens (tertiary/aromatic N) is 1. The van der Waals surface area contributed by atoms with Crippen LogP contribution >= 0.6 is 0 Å². The van der Waals surface area contributed by atoms with E-state index >= 15 is 0 Å². The van der Waals surface area contributed by atoms with Gasteiger partial charge in [0.1, 0.15) is 5.72 Å². The molecule has 3 heteroatoms. The average Bonchev–Trinajstić information content (AvgIpc) is 2.66. The van der Waals surface area contributed by atoms with Gasteiger partial charge in [0, 0.05) is 13.5 Å². The quantitative estimate of drug-likeness (QED) is 0.640. The minimum absolute atomic E-state index is 0.135. The Morgan fingerprint density at radius 2 is 1.88 bits per heavy atom. The zero-order valence-electron chi connectivity index (χ0n) is 11.6. The second-order valence-electron chi connectivity index (χ2n) is 5.21. The molecule has 17 heavy (non-hydrogen) atoms. The van der Waals surface area contributed by atoms with Gasteiger partial charge in [-0.15, -0.1) is 0 Å². The van der Waals surface area contributed by atoms with Gasteiger partial charge in [-0.05, 0) is 19.8 Å². The standard InChI is InChI=1S/C14H27NO2/c1-4-5-6-7-8-9-10-14(3)15(13(2)16)11-12-17-14/h4-12H2,1-3H3. The van der Waals surface area contributed by atoms with E-state index in [1.165, 1.54) is 32.1 Å². The zero-order chi connectivity index (χ0) is 12.7. The van der Waals surface area contributed by atoms with E-state index in [0.29, 0.717) is 6.61 Å². The fourth-order valence-electron chi connectivity index (χ4n) is 2.60. The molecule has 0 saturated carbocycles. The van der Waals surface area contributed by atoms with E-state index in [9.17, 15) is 4.79 Å². The van der Waals surface area contributed by atoms with Gasteiger partial charge in [0.05, 0.1) is 6.61 Å². The second kappa shape index (κ2) is 7.00. The van der Waals surface area contributed by atoms with E-state index < -0.39 is 0 Å². The first-order chi connectivity index (χ1) is 8.10. The number of carbonyl (C=O) groups excluding carboxylic acids is 1. The van der Waals surface area contributed by atoms with Crippen molar-refractivity contribution in [3.8, 4) is 0 Å². The molecule has 1 unspecified atom stereocenters. The summed E-state index contributed by atoms with van der Waals surface area (Å²) in [5.41, 5.74) is -0.337. The molecule has 1 amide bonds. The lowest BCUT2D eigenvalue weighted by molar-refractivity contribution is -0.145. The molecule has 1 atom stereocenters. The summed E-state index contributed by atoms with van der Waals surface area (Å²) >= 11 is 0. The Bertz CT molecular complexity index is 242. The van der Waals surface area contributed by atoms with E-state index in [2.05, 4.69) is 6.92 Å². The van der Waals surface area contributed by atoms with Crippen LogP contribution in [0, 0.1) is 0 Å². The third-order valence-electron chi connectivity index (χ3n) is 3.67. The minimum atomic E-state index is -0.337. The molecule has 0 spiro atoms. The van der Waals surface area contributed by atoms with Crippen molar-refractivity contribution in [2.45, 2.75) is 71.4 Å². The number of hydrogen-bond acceptors (Lipinski definition) is 2. The average molecular weight is 241 g/mol. The van der Waals surface area contributed by atoms with Gasteiger partial charge < -0.3 is 9.64 Å². The van der Waals surface area contributed by atoms with Crippen molar-refractivity contribution < 1.29 is 9.53 Å². The molecule has 1 aliphatic rings. The molecule has 0 aromatic carbocycles. The molecular weight excluding hydrogens is 214 g/mol. The van der Waals surface area contributed by atoms with Crippen molar-refractivity contribution in [1.29, 1.82) is 0 Å². The first-order valence-corrected chi connectivity index (χ1v) is 7.02. The fourth-order valence-corrected chi connectivity index (χ4v) is 2.60. The predicted molar refractivity (Wildman–Crippen MR) is 69.7 cm³/mol. The van der Waals surface area contributed by atoms with Crippen LogP contribution in [0.4, 0.5) is 0 Å². The summed E-state index contributed by atoms with van der Waals surface area (Å²) in [7, 11) is 0. The van der Waals surface area contributed by atoms with Crippen LogP contribution in [0.1, 0.15) is 65.7 Å². The lowest BCUT2D eigenvalue weighted by atomic mass is 10.0. The Morgan fingerprint density at radius 3 is 2.53 bits per heavy atom. The van der Waals surface area contributed by atoms with E-state index in [0.717, 1.165) is 19.4 Å². The molecule has 3 nitrogen and oxygen atoms in total. The normalized spacial score (nSPS) is 24.3. The van der Waals surface area contributed by atoms with Crippen molar-refractivity contribution in [3.63, 3.8) is 0 Å². The molecule has 0 bridgehead atoms. The molecule has 0 N–H and O–H groups in total. The van der Waals surface area contributed by atoms with Crippen LogP contribution in [-0.4, -0.2) is 29.7 Å². The van der Waals surface area contributed by atoms with E-state index in [1.54, 1.807) is 6.92 Å². The van der Waals surface area contributed by atoms with Gasteiger partial charge in [-0.25, -0.2) is 0 Å². The Balaban J connectivity index is 2.22. The van der Waals surface area contributed by atoms with Gasteiger partial charge >= 0.3 is 0 Å². The van der Waals surface area contributed by atoms with E-state index in [-0.39, 0.29) is 11.6 Å². The topological polar surface area (TPSA) is 29.5 Å². The van der Waals surface area contributed by atoms with Crippen LogP contribution in [0.15, 0.2) is 0 Å². The molecule has 0 aliphatic carbocycles. The predicted octanol–water partition coefficient (Wildman–Crippen LogP) is 3.33.